The van der Waals surface area contributed by atoms with Crippen LogP contribution in [0.3, 0.4) is 0 Å². The second kappa shape index (κ2) is 4.75. The Labute approximate surface area is 124 Å². The van der Waals surface area contributed by atoms with Crippen LogP contribution in [0.15, 0.2) is 29.3 Å². The molecule has 2 heterocycles. The Kier molecular flexibility index (Phi) is 3.12. The minimum atomic E-state index is -2.71. The first-order valence-electron chi connectivity index (χ1n) is 6.57. The lowest BCUT2D eigenvalue weighted by Crippen LogP contribution is -2.37. The number of nitrogen functional groups attached to an aromatic ring is 1. The van der Waals surface area contributed by atoms with E-state index in [4.69, 9.17) is 11.5 Å². The zero-order valence-electron chi connectivity index (χ0n) is 11.7. The predicted molar refractivity (Wildman–Crippen MR) is 76.1 cm³/mol. The molecule has 0 radical (unpaired) electrons. The van der Waals surface area contributed by atoms with Gasteiger partial charge in [-0.1, -0.05) is 0 Å². The number of aromatic nitrogens is 2. The first kappa shape index (κ1) is 14.4. The van der Waals surface area contributed by atoms with Crippen molar-refractivity contribution in [2.24, 2.45) is 10.7 Å². The van der Waals surface area contributed by atoms with Crippen LogP contribution < -0.4 is 11.5 Å². The SMILES string of the molecule is CC1(c2cc(N)ccc2F)Cn2nc(C(F)F)cc2C(N)=N1. The highest BCUT2D eigenvalue weighted by Gasteiger charge is 2.36. The van der Waals surface area contributed by atoms with Gasteiger partial charge >= 0.3 is 0 Å². The number of halogens is 3. The van der Waals surface area contributed by atoms with Crippen molar-refractivity contribution in [2.75, 3.05) is 5.73 Å². The second-order valence-corrected chi connectivity index (χ2v) is 5.42. The molecule has 1 aromatic heterocycles. The Hall–Kier alpha value is -2.51. The molecule has 0 spiro atoms. The number of rotatable bonds is 2. The monoisotopic (exact) mass is 309 g/mol. The molecular weight excluding hydrogens is 295 g/mol. The summed E-state index contributed by atoms with van der Waals surface area (Å²) in [5.41, 5.74) is 11.0. The van der Waals surface area contributed by atoms with E-state index in [0.29, 0.717) is 11.4 Å². The molecule has 0 amide bonds. The number of alkyl halides is 2. The second-order valence-electron chi connectivity index (χ2n) is 5.42. The predicted octanol–water partition coefficient (Wildman–Crippen LogP) is 2.18. The number of nitrogens with zero attached hydrogens (tertiary/aromatic N) is 3. The van der Waals surface area contributed by atoms with Gasteiger partial charge in [-0.2, -0.15) is 5.10 Å². The van der Waals surface area contributed by atoms with Gasteiger partial charge in [-0.05, 0) is 31.2 Å². The van der Waals surface area contributed by atoms with E-state index >= 15 is 0 Å². The third-order valence-corrected chi connectivity index (χ3v) is 3.68. The molecule has 22 heavy (non-hydrogen) atoms. The number of anilines is 1. The third-order valence-electron chi connectivity index (χ3n) is 3.68. The topological polar surface area (TPSA) is 82.2 Å². The van der Waals surface area contributed by atoms with Crippen molar-refractivity contribution in [3.8, 4) is 0 Å². The molecule has 116 valence electrons. The van der Waals surface area contributed by atoms with Crippen molar-refractivity contribution in [3.63, 3.8) is 0 Å². The van der Waals surface area contributed by atoms with Gasteiger partial charge in [0.1, 0.15) is 28.6 Å². The molecule has 0 saturated carbocycles. The number of benzene rings is 1. The highest BCUT2D eigenvalue weighted by Crippen LogP contribution is 2.34. The molecule has 5 nitrogen and oxygen atoms in total. The fourth-order valence-electron chi connectivity index (χ4n) is 2.62. The quantitative estimate of drug-likeness (QED) is 0.834. The maximum atomic E-state index is 14.1. The summed E-state index contributed by atoms with van der Waals surface area (Å²) in [5.74, 6) is -0.451. The Morgan fingerprint density at radius 3 is 2.68 bits per heavy atom. The summed E-state index contributed by atoms with van der Waals surface area (Å²) in [6.07, 6.45) is -2.71. The van der Waals surface area contributed by atoms with Crippen LogP contribution in [0.2, 0.25) is 0 Å². The maximum Gasteiger partial charge on any atom is 0.282 e. The maximum absolute atomic E-state index is 14.1. The van der Waals surface area contributed by atoms with Crippen molar-refractivity contribution in [1.29, 1.82) is 0 Å². The molecule has 0 bridgehead atoms. The van der Waals surface area contributed by atoms with Crippen LogP contribution >= 0.6 is 0 Å². The zero-order chi connectivity index (χ0) is 16.1. The summed E-state index contributed by atoms with van der Waals surface area (Å²) >= 11 is 0. The molecular formula is C14H14F3N5. The van der Waals surface area contributed by atoms with E-state index in [2.05, 4.69) is 10.1 Å². The van der Waals surface area contributed by atoms with Crippen molar-refractivity contribution >= 4 is 11.5 Å². The molecule has 2 aromatic rings. The molecule has 0 aliphatic carbocycles. The normalized spacial score (nSPS) is 20.9. The molecule has 0 saturated heterocycles. The average molecular weight is 309 g/mol. The Bertz CT molecular complexity index is 768. The molecule has 3 rings (SSSR count). The molecule has 8 heteroatoms. The van der Waals surface area contributed by atoms with Gasteiger partial charge in [-0.3, -0.25) is 9.67 Å². The Balaban J connectivity index is 2.10. The first-order chi connectivity index (χ1) is 10.3. The highest BCUT2D eigenvalue weighted by atomic mass is 19.3. The lowest BCUT2D eigenvalue weighted by Gasteiger charge is -2.31. The van der Waals surface area contributed by atoms with Crippen molar-refractivity contribution in [3.05, 3.63) is 47.0 Å². The molecule has 1 aliphatic rings. The van der Waals surface area contributed by atoms with E-state index in [1.54, 1.807) is 6.92 Å². The number of fused-ring (bicyclic) bond motifs is 1. The zero-order valence-corrected chi connectivity index (χ0v) is 11.7. The molecule has 1 aromatic carbocycles. The van der Waals surface area contributed by atoms with E-state index in [1.807, 2.05) is 0 Å². The van der Waals surface area contributed by atoms with Gasteiger partial charge in [0, 0.05) is 11.3 Å². The van der Waals surface area contributed by atoms with Crippen molar-refractivity contribution < 1.29 is 13.2 Å². The number of aliphatic imine (C=N–C) groups is 1. The van der Waals surface area contributed by atoms with Gasteiger partial charge in [0.15, 0.2) is 0 Å². The van der Waals surface area contributed by atoms with Crippen LogP contribution in [-0.4, -0.2) is 15.6 Å². The molecule has 1 atom stereocenters. The van der Waals surface area contributed by atoms with Crippen molar-refractivity contribution in [2.45, 2.75) is 25.4 Å². The number of hydrogen-bond acceptors (Lipinski definition) is 4. The van der Waals surface area contributed by atoms with Crippen LogP contribution in [0.1, 0.15) is 30.3 Å². The van der Waals surface area contributed by atoms with E-state index in [1.165, 1.54) is 28.9 Å². The molecule has 4 N–H and O–H groups in total. The van der Waals surface area contributed by atoms with Gasteiger partial charge in [0.2, 0.25) is 0 Å². The van der Waals surface area contributed by atoms with Gasteiger partial charge in [0.05, 0.1) is 6.54 Å². The summed E-state index contributed by atoms with van der Waals surface area (Å²) in [5, 5.41) is 3.83. The van der Waals surface area contributed by atoms with E-state index in [-0.39, 0.29) is 23.6 Å². The molecule has 1 aliphatic heterocycles. The van der Waals surface area contributed by atoms with Crippen LogP contribution in [-0.2, 0) is 12.1 Å². The summed E-state index contributed by atoms with van der Waals surface area (Å²) in [4.78, 5) is 4.29. The summed E-state index contributed by atoms with van der Waals surface area (Å²) in [6.45, 7) is 1.75. The number of amidine groups is 1. The molecule has 0 fully saturated rings. The number of hydrogen-bond donors (Lipinski definition) is 2. The lowest BCUT2D eigenvalue weighted by atomic mass is 9.90. The number of nitrogens with two attached hydrogens (primary N) is 2. The standard InChI is InChI=1S/C14H14F3N5/c1-14(8-4-7(18)2-3-9(8)15)6-22-11(13(19)20-14)5-10(21-22)12(16)17/h2-5,12H,6,18H2,1H3,(H2,19,20). The first-order valence-corrected chi connectivity index (χ1v) is 6.57. The summed E-state index contributed by atoms with van der Waals surface area (Å²) in [7, 11) is 0. The van der Waals surface area contributed by atoms with Gasteiger partial charge in [0.25, 0.3) is 6.43 Å². The fourth-order valence-corrected chi connectivity index (χ4v) is 2.62. The smallest absolute Gasteiger partial charge is 0.282 e. The Morgan fingerprint density at radius 1 is 1.27 bits per heavy atom. The van der Waals surface area contributed by atoms with Crippen LogP contribution in [0.4, 0.5) is 18.9 Å². The average Bonchev–Trinajstić information content (AvgIpc) is 2.85. The third kappa shape index (κ3) is 2.20. The van der Waals surface area contributed by atoms with E-state index in [9.17, 15) is 13.2 Å². The lowest BCUT2D eigenvalue weighted by molar-refractivity contribution is 0.144. The van der Waals surface area contributed by atoms with Gasteiger partial charge < -0.3 is 11.5 Å². The van der Waals surface area contributed by atoms with Gasteiger partial charge in [-0.15, -0.1) is 0 Å². The molecule has 1 unspecified atom stereocenters. The van der Waals surface area contributed by atoms with E-state index < -0.39 is 17.8 Å². The summed E-state index contributed by atoms with van der Waals surface area (Å²) < 4.78 is 41.0. The Morgan fingerprint density at radius 2 is 2.00 bits per heavy atom. The minimum absolute atomic E-state index is 0.0370. The summed E-state index contributed by atoms with van der Waals surface area (Å²) in [6, 6.07) is 5.34. The van der Waals surface area contributed by atoms with Crippen LogP contribution in [0.5, 0.6) is 0 Å². The minimum Gasteiger partial charge on any atom is -0.399 e. The fraction of sp³-hybridized carbons (Fsp3) is 0.286. The van der Waals surface area contributed by atoms with Crippen LogP contribution in [0.25, 0.3) is 0 Å². The van der Waals surface area contributed by atoms with Crippen molar-refractivity contribution in [1.82, 2.24) is 9.78 Å². The highest BCUT2D eigenvalue weighted by molar-refractivity contribution is 5.97. The van der Waals surface area contributed by atoms with E-state index in [0.717, 1.165) is 0 Å². The largest absolute Gasteiger partial charge is 0.399 e. The van der Waals surface area contributed by atoms with Gasteiger partial charge in [-0.25, -0.2) is 13.2 Å². The van der Waals surface area contributed by atoms with Crippen LogP contribution in [0, 0.1) is 5.82 Å².